The predicted octanol–water partition coefficient (Wildman–Crippen LogP) is 1.49. The van der Waals surface area contributed by atoms with Crippen molar-refractivity contribution >= 4 is 0 Å². The van der Waals surface area contributed by atoms with E-state index in [2.05, 4.69) is 40.9 Å². The highest BCUT2D eigenvalue weighted by molar-refractivity contribution is 5.16. The molecule has 2 rings (SSSR count). The van der Waals surface area contributed by atoms with Crippen LogP contribution in [0, 0.1) is 12.8 Å². The van der Waals surface area contributed by atoms with Crippen molar-refractivity contribution in [2.45, 2.75) is 46.1 Å². The molecule has 0 aromatic carbocycles. The van der Waals surface area contributed by atoms with Gasteiger partial charge in [-0.25, -0.2) is 0 Å². The van der Waals surface area contributed by atoms with Crippen molar-refractivity contribution in [2.75, 3.05) is 13.1 Å². The van der Waals surface area contributed by atoms with Crippen molar-refractivity contribution in [1.29, 1.82) is 0 Å². The Bertz CT molecular complexity index is 361. The fraction of sp³-hybridized carbons (Fsp3) is 0.833. The molecule has 1 aliphatic rings. The largest absolute Gasteiger partial charge is 0.316 e. The molecule has 1 saturated heterocycles. The Balaban J connectivity index is 2.47. The molecule has 0 radical (unpaired) electrons. The summed E-state index contributed by atoms with van der Waals surface area (Å²) in [5, 5.41) is 12.2. The summed E-state index contributed by atoms with van der Waals surface area (Å²) >= 11 is 0. The van der Waals surface area contributed by atoms with Gasteiger partial charge in [-0.1, -0.05) is 13.8 Å². The van der Waals surface area contributed by atoms with Gasteiger partial charge in [-0.15, -0.1) is 10.2 Å². The summed E-state index contributed by atoms with van der Waals surface area (Å²) in [5.74, 6) is 2.80. The normalized spacial score (nSPS) is 25.6. The third-order valence-electron chi connectivity index (χ3n) is 3.99. The summed E-state index contributed by atoms with van der Waals surface area (Å²) in [6.07, 6.45) is 1.17. The number of aromatic nitrogens is 3. The minimum Gasteiger partial charge on any atom is -0.316 e. The van der Waals surface area contributed by atoms with Crippen molar-refractivity contribution < 1.29 is 0 Å². The highest BCUT2D eigenvalue weighted by Gasteiger charge is 2.42. The number of nitrogens with one attached hydrogen (secondary N) is 1. The van der Waals surface area contributed by atoms with E-state index in [-0.39, 0.29) is 5.41 Å². The van der Waals surface area contributed by atoms with Crippen LogP contribution in [-0.4, -0.2) is 27.9 Å². The van der Waals surface area contributed by atoms with Crippen LogP contribution in [0.1, 0.15) is 38.8 Å². The quantitative estimate of drug-likeness (QED) is 0.842. The van der Waals surface area contributed by atoms with Crippen molar-refractivity contribution in [3.8, 4) is 0 Å². The van der Waals surface area contributed by atoms with Crippen LogP contribution in [0.3, 0.4) is 0 Å². The van der Waals surface area contributed by atoms with E-state index in [9.17, 15) is 0 Å². The van der Waals surface area contributed by atoms with Crippen molar-refractivity contribution in [3.63, 3.8) is 0 Å². The zero-order chi connectivity index (χ0) is 11.8. The molecule has 4 nitrogen and oxygen atoms in total. The Morgan fingerprint density at radius 1 is 1.44 bits per heavy atom. The first-order valence-corrected chi connectivity index (χ1v) is 6.23. The van der Waals surface area contributed by atoms with E-state index in [0.717, 1.165) is 25.5 Å². The van der Waals surface area contributed by atoms with Crippen LogP contribution in [0.4, 0.5) is 0 Å². The maximum atomic E-state index is 4.43. The number of nitrogens with zero attached hydrogens (tertiary/aromatic N) is 3. The molecule has 0 saturated carbocycles. The molecule has 1 aromatic rings. The van der Waals surface area contributed by atoms with Crippen LogP contribution in [0.25, 0.3) is 0 Å². The van der Waals surface area contributed by atoms with Crippen LogP contribution in [0.5, 0.6) is 0 Å². The Morgan fingerprint density at radius 3 is 2.69 bits per heavy atom. The maximum Gasteiger partial charge on any atom is 0.140 e. The van der Waals surface area contributed by atoms with Gasteiger partial charge in [-0.05, 0) is 32.7 Å². The first-order valence-electron chi connectivity index (χ1n) is 6.23. The Labute approximate surface area is 97.5 Å². The van der Waals surface area contributed by atoms with Gasteiger partial charge in [-0.3, -0.25) is 0 Å². The molecule has 0 bridgehead atoms. The number of aryl methyl sites for hydroxylation is 1. The van der Waals surface area contributed by atoms with Gasteiger partial charge in [0.25, 0.3) is 0 Å². The lowest BCUT2D eigenvalue weighted by Gasteiger charge is -2.31. The summed E-state index contributed by atoms with van der Waals surface area (Å²) < 4.78 is 2.26. The van der Waals surface area contributed by atoms with Crippen LogP contribution >= 0.6 is 0 Å². The summed E-state index contributed by atoms with van der Waals surface area (Å²) in [4.78, 5) is 0. The van der Waals surface area contributed by atoms with Crippen molar-refractivity contribution in [2.24, 2.45) is 5.92 Å². The number of hydrogen-bond acceptors (Lipinski definition) is 3. The third kappa shape index (κ3) is 1.56. The molecule has 90 valence electrons. The molecule has 16 heavy (non-hydrogen) atoms. The molecule has 0 amide bonds. The average Bonchev–Trinajstić information content (AvgIpc) is 2.84. The molecular formula is C12H22N4. The summed E-state index contributed by atoms with van der Waals surface area (Å²) in [7, 11) is 0. The lowest BCUT2D eigenvalue weighted by atomic mass is 9.75. The Morgan fingerprint density at radius 2 is 2.19 bits per heavy atom. The molecule has 1 N–H and O–H groups in total. The van der Waals surface area contributed by atoms with E-state index in [0.29, 0.717) is 5.92 Å². The van der Waals surface area contributed by atoms with Crippen LogP contribution in [0.15, 0.2) is 0 Å². The lowest BCUT2D eigenvalue weighted by molar-refractivity contribution is 0.305. The van der Waals surface area contributed by atoms with Crippen molar-refractivity contribution in [3.05, 3.63) is 11.6 Å². The second-order valence-corrected chi connectivity index (χ2v) is 5.05. The summed E-state index contributed by atoms with van der Waals surface area (Å²) in [5.41, 5.74) is 0.178. The van der Waals surface area contributed by atoms with E-state index in [1.54, 1.807) is 0 Å². The lowest BCUT2D eigenvalue weighted by Crippen LogP contribution is -2.37. The zero-order valence-electron chi connectivity index (χ0n) is 10.7. The molecule has 1 aromatic heterocycles. The van der Waals surface area contributed by atoms with E-state index in [1.807, 2.05) is 6.92 Å². The van der Waals surface area contributed by atoms with E-state index in [1.165, 1.54) is 12.2 Å². The van der Waals surface area contributed by atoms with Crippen molar-refractivity contribution in [1.82, 2.24) is 20.1 Å². The minimum absolute atomic E-state index is 0.178. The van der Waals surface area contributed by atoms with Gasteiger partial charge in [0.15, 0.2) is 0 Å². The number of hydrogen-bond donors (Lipinski definition) is 1. The number of rotatable bonds is 3. The van der Waals surface area contributed by atoms with Crippen LogP contribution < -0.4 is 5.32 Å². The van der Waals surface area contributed by atoms with Crippen LogP contribution in [0.2, 0.25) is 0 Å². The summed E-state index contributed by atoms with van der Waals surface area (Å²) in [6, 6.07) is 0. The minimum atomic E-state index is 0.178. The predicted molar refractivity (Wildman–Crippen MR) is 64.4 cm³/mol. The highest BCUT2D eigenvalue weighted by atomic mass is 15.3. The molecule has 1 aliphatic heterocycles. The zero-order valence-corrected chi connectivity index (χ0v) is 10.7. The van der Waals surface area contributed by atoms with Gasteiger partial charge in [0.2, 0.25) is 0 Å². The van der Waals surface area contributed by atoms with Gasteiger partial charge < -0.3 is 9.88 Å². The Hall–Kier alpha value is -0.900. The fourth-order valence-corrected chi connectivity index (χ4v) is 2.78. The van der Waals surface area contributed by atoms with Gasteiger partial charge in [0.05, 0.1) is 0 Å². The highest BCUT2D eigenvalue weighted by Crippen LogP contribution is 2.37. The smallest absolute Gasteiger partial charge is 0.140 e. The van der Waals surface area contributed by atoms with E-state index < -0.39 is 0 Å². The molecule has 4 heteroatoms. The first kappa shape index (κ1) is 11.6. The standard InChI is InChI=1S/C12H22N4/c1-5-16-10(4)14-15-11(16)12(9(2)3)6-7-13-8-12/h9,13H,5-8H2,1-4H3. The maximum absolute atomic E-state index is 4.43. The molecule has 0 aliphatic carbocycles. The SMILES string of the molecule is CCn1c(C)nnc1C1(C(C)C)CCNC1. The van der Waals surface area contributed by atoms with E-state index >= 15 is 0 Å². The monoisotopic (exact) mass is 222 g/mol. The first-order chi connectivity index (χ1) is 7.62. The molecule has 1 fully saturated rings. The van der Waals surface area contributed by atoms with Gasteiger partial charge >= 0.3 is 0 Å². The average molecular weight is 222 g/mol. The Kier molecular flexibility index (Phi) is 3.02. The third-order valence-corrected chi connectivity index (χ3v) is 3.99. The molecule has 0 spiro atoms. The molecule has 2 heterocycles. The summed E-state index contributed by atoms with van der Waals surface area (Å²) in [6.45, 7) is 11.9. The second kappa shape index (κ2) is 4.17. The fourth-order valence-electron chi connectivity index (χ4n) is 2.78. The van der Waals surface area contributed by atoms with E-state index in [4.69, 9.17) is 0 Å². The molecule has 1 atom stereocenters. The van der Waals surface area contributed by atoms with Gasteiger partial charge in [0, 0.05) is 18.5 Å². The molecule has 1 unspecified atom stereocenters. The molecular weight excluding hydrogens is 200 g/mol. The second-order valence-electron chi connectivity index (χ2n) is 5.05. The van der Waals surface area contributed by atoms with Crippen LogP contribution in [-0.2, 0) is 12.0 Å². The topological polar surface area (TPSA) is 42.7 Å². The van der Waals surface area contributed by atoms with Gasteiger partial charge in [-0.2, -0.15) is 0 Å². The van der Waals surface area contributed by atoms with Gasteiger partial charge in [0.1, 0.15) is 11.6 Å².